The van der Waals surface area contributed by atoms with Crippen LogP contribution in [0.4, 0.5) is 5.69 Å². The van der Waals surface area contributed by atoms with Crippen molar-refractivity contribution >= 4 is 17.5 Å². The molecule has 1 aliphatic heterocycles. The molecule has 0 bridgehead atoms. The predicted octanol–water partition coefficient (Wildman–Crippen LogP) is 2.95. The Labute approximate surface area is 164 Å². The van der Waals surface area contributed by atoms with Crippen molar-refractivity contribution in [1.82, 2.24) is 15.6 Å². The molecule has 3 N–H and O–H groups in total. The molecule has 0 radical (unpaired) electrons. The number of para-hydroxylation sites is 2. The van der Waals surface area contributed by atoms with Gasteiger partial charge in [0.05, 0.1) is 5.69 Å². The zero-order valence-corrected chi connectivity index (χ0v) is 16.0. The van der Waals surface area contributed by atoms with Gasteiger partial charge in [0, 0.05) is 25.7 Å². The number of hydrogen-bond donors (Lipinski definition) is 3. The molecule has 2 heterocycles. The molecule has 7 heteroatoms. The first-order valence-electron chi connectivity index (χ1n) is 9.61. The van der Waals surface area contributed by atoms with E-state index in [0.717, 1.165) is 32.4 Å². The number of rotatable bonds is 7. The van der Waals surface area contributed by atoms with Gasteiger partial charge >= 0.3 is 0 Å². The van der Waals surface area contributed by atoms with Crippen LogP contribution in [0.25, 0.3) is 0 Å². The van der Waals surface area contributed by atoms with Crippen molar-refractivity contribution in [3.8, 4) is 11.5 Å². The minimum Gasteiger partial charge on any atom is -0.455 e. The van der Waals surface area contributed by atoms with Gasteiger partial charge in [-0.2, -0.15) is 0 Å². The molecule has 2 amide bonds. The third-order valence-electron chi connectivity index (χ3n) is 4.82. The van der Waals surface area contributed by atoms with E-state index in [9.17, 15) is 9.59 Å². The predicted molar refractivity (Wildman–Crippen MR) is 108 cm³/mol. The summed E-state index contributed by atoms with van der Waals surface area (Å²) in [5.41, 5.74) is 0.875. The first-order chi connectivity index (χ1) is 13.7. The highest BCUT2D eigenvalue weighted by Crippen LogP contribution is 2.30. The molecule has 3 rings (SSSR count). The third kappa shape index (κ3) is 5.53. The number of carbonyl (C=O) groups is 2. The molecule has 1 aromatic heterocycles. The second-order valence-corrected chi connectivity index (χ2v) is 6.83. The molecule has 1 aliphatic rings. The van der Waals surface area contributed by atoms with Crippen LogP contribution in [0.3, 0.4) is 0 Å². The minimum absolute atomic E-state index is 0.0182. The Morgan fingerprint density at radius 3 is 2.79 bits per heavy atom. The Kier molecular flexibility index (Phi) is 6.97. The number of amides is 2. The van der Waals surface area contributed by atoms with E-state index in [-0.39, 0.29) is 17.5 Å². The summed E-state index contributed by atoms with van der Waals surface area (Å²) in [6.07, 6.45) is 5.16. The van der Waals surface area contributed by atoms with E-state index in [1.54, 1.807) is 31.3 Å². The van der Waals surface area contributed by atoms with E-state index in [1.165, 1.54) is 6.20 Å². The Balaban J connectivity index is 1.62. The number of ether oxygens (including phenoxy) is 1. The lowest BCUT2D eigenvalue weighted by atomic mass is 9.93. The summed E-state index contributed by atoms with van der Waals surface area (Å²) in [5, 5.41) is 8.82. The number of nitrogens with zero attached hydrogens (tertiary/aromatic N) is 1. The Morgan fingerprint density at radius 2 is 2.00 bits per heavy atom. The van der Waals surface area contributed by atoms with E-state index in [4.69, 9.17) is 4.74 Å². The highest BCUT2D eigenvalue weighted by molar-refractivity contribution is 5.93. The summed E-state index contributed by atoms with van der Waals surface area (Å²) in [4.78, 5) is 28.2. The maximum Gasteiger partial charge on any atom is 0.269 e. The van der Waals surface area contributed by atoms with Gasteiger partial charge in [0.15, 0.2) is 5.75 Å². The Morgan fingerprint density at radius 1 is 1.21 bits per heavy atom. The number of pyridine rings is 1. The average molecular weight is 382 g/mol. The maximum atomic E-state index is 12.4. The van der Waals surface area contributed by atoms with Crippen LogP contribution in [0.15, 0.2) is 42.6 Å². The molecule has 2 aromatic rings. The van der Waals surface area contributed by atoms with Crippen molar-refractivity contribution in [2.75, 3.05) is 25.5 Å². The second-order valence-electron chi connectivity index (χ2n) is 6.83. The van der Waals surface area contributed by atoms with Crippen molar-refractivity contribution in [2.45, 2.75) is 25.7 Å². The maximum absolute atomic E-state index is 12.4. The number of hydrogen-bond acceptors (Lipinski definition) is 5. The van der Waals surface area contributed by atoms with Crippen LogP contribution < -0.4 is 20.7 Å². The third-order valence-corrected chi connectivity index (χ3v) is 4.82. The molecule has 148 valence electrons. The number of nitrogens with one attached hydrogen (secondary N) is 3. The molecule has 0 atom stereocenters. The normalized spacial score (nSPS) is 14.3. The van der Waals surface area contributed by atoms with Crippen LogP contribution >= 0.6 is 0 Å². The van der Waals surface area contributed by atoms with E-state index in [2.05, 4.69) is 20.9 Å². The molecule has 1 aromatic carbocycles. The lowest BCUT2D eigenvalue weighted by Crippen LogP contribution is -2.28. The molecule has 0 unspecified atom stereocenters. The fraction of sp³-hybridized carbons (Fsp3) is 0.381. The monoisotopic (exact) mass is 382 g/mol. The zero-order valence-electron chi connectivity index (χ0n) is 16.0. The van der Waals surface area contributed by atoms with Crippen molar-refractivity contribution in [3.63, 3.8) is 0 Å². The topological polar surface area (TPSA) is 92.4 Å². The van der Waals surface area contributed by atoms with Gasteiger partial charge in [-0.15, -0.1) is 0 Å². The number of aromatic nitrogens is 1. The number of anilines is 1. The molecule has 0 aliphatic carbocycles. The number of carbonyl (C=O) groups excluding carboxylic acids is 2. The van der Waals surface area contributed by atoms with Crippen LogP contribution in [0.2, 0.25) is 0 Å². The summed E-state index contributed by atoms with van der Waals surface area (Å²) in [7, 11) is 1.55. The van der Waals surface area contributed by atoms with Crippen LogP contribution in [0, 0.1) is 5.92 Å². The summed E-state index contributed by atoms with van der Waals surface area (Å²) in [6, 6.07) is 10.5. The minimum atomic E-state index is -0.287. The van der Waals surface area contributed by atoms with Crippen LogP contribution in [-0.4, -0.2) is 36.9 Å². The van der Waals surface area contributed by atoms with Gasteiger partial charge in [0.2, 0.25) is 5.91 Å². The quantitative estimate of drug-likeness (QED) is 0.685. The van der Waals surface area contributed by atoms with Gasteiger partial charge in [0.25, 0.3) is 5.91 Å². The molecular formula is C21H26N4O3. The number of piperidine rings is 1. The number of benzene rings is 1. The largest absolute Gasteiger partial charge is 0.455 e. The first-order valence-corrected chi connectivity index (χ1v) is 9.61. The molecule has 28 heavy (non-hydrogen) atoms. The molecular weight excluding hydrogens is 356 g/mol. The summed E-state index contributed by atoms with van der Waals surface area (Å²) in [6.45, 7) is 2.07. The summed E-state index contributed by atoms with van der Waals surface area (Å²) >= 11 is 0. The zero-order chi connectivity index (χ0) is 19.8. The lowest BCUT2D eigenvalue weighted by Gasteiger charge is -2.22. The molecule has 0 saturated carbocycles. The molecule has 7 nitrogen and oxygen atoms in total. The van der Waals surface area contributed by atoms with Gasteiger partial charge < -0.3 is 20.7 Å². The van der Waals surface area contributed by atoms with Gasteiger partial charge in [-0.25, -0.2) is 0 Å². The van der Waals surface area contributed by atoms with Crippen molar-refractivity contribution in [3.05, 3.63) is 48.3 Å². The Bertz CT molecular complexity index is 819. The van der Waals surface area contributed by atoms with Gasteiger partial charge in [-0.3, -0.25) is 14.6 Å². The van der Waals surface area contributed by atoms with Gasteiger partial charge in [-0.05, 0) is 56.5 Å². The van der Waals surface area contributed by atoms with Gasteiger partial charge in [0.1, 0.15) is 11.4 Å². The average Bonchev–Trinajstić information content (AvgIpc) is 2.74. The van der Waals surface area contributed by atoms with E-state index < -0.39 is 0 Å². The fourth-order valence-electron chi connectivity index (χ4n) is 3.23. The van der Waals surface area contributed by atoms with Crippen molar-refractivity contribution in [1.29, 1.82) is 0 Å². The Hall–Kier alpha value is -2.93. The van der Waals surface area contributed by atoms with Gasteiger partial charge in [-0.1, -0.05) is 12.1 Å². The van der Waals surface area contributed by atoms with E-state index in [0.29, 0.717) is 29.5 Å². The fourth-order valence-corrected chi connectivity index (χ4v) is 3.23. The van der Waals surface area contributed by atoms with E-state index in [1.807, 2.05) is 12.1 Å². The van der Waals surface area contributed by atoms with Crippen molar-refractivity contribution in [2.24, 2.45) is 5.92 Å². The van der Waals surface area contributed by atoms with Crippen LogP contribution in [-0.2, 0) is 4.79 Å². The summed E-state index contributed by atoms with van der Waals surface area (Å²) < 4.78 is 5.90. The standard InChI is InChI=1S/C21H26N4O3/c1-22-21(27)18-14-16(10-13-24-18)28-19-5-3-2-4-17(19)25-20(26)7-6-15-8-11-23-12-9-15/h2-5,10,13-15,23H,6-9,11-12H2,1H3,(H,22,27)(H,25,26). The summed E-state index contributed by atoms with van der Waals surface area (Å²) in [5.74, 6) is 1.30. The molecule has 1 fully saturated rings. The van der Waals surface area contributed by atoms with Crippen LogP contribution in [0.1, 0.15) is 36.2 Å². The lowest BCUT2D eigenvalue weighted by molar-refractivity contribution is -0.116. The smallest absolute Gasteiger partial charge is 0.269 e. The molecule has 1 saturated heterocycles. The first kappa shape index (κ1) is 19.8. The highest BCUT2D eigenvalue weighted by atomic mass is 16.5. The van der Waals surface area contributed by atoms with Crippen molar-refractivity contribution < 1.29 is 14.3 Å². The van der Waals surface area contributed by atoms with Crippen LogP contribution in [0.5, 0.6) is 11.5 Å². The van der Waals surface area contributed by atoms with E-state index >= 15 is 0 Å². The molecule has 0 spiro atoms. The SMILES string of the molecule is CNC(=O)c1cc(Oc2ccccc2NC(=O)CCC2CCNCC2)ccn1. The highest BCUT2D eigenvalue weighted by Gasteiger charge is 2.15. The second kappa shape index (κ2) is 9.85.